The standard InChI is InChI=1S/C15H24N2O/c1-11(16)14-5-3-4-6-15(14)17-9-7-13(8-10-17)12(2)18/h3-6,11-13,18H,7-10,16H2,1-2H3/t11-,12?/m0/s1. The van der Waals surface area contributed by atoms with Gasteiger partial charge in [0, 0.05) is 24.8 Å². The van der Waals surface area contributed by atoms with Crippen molar-refractivity contribution in [2.75, 3.05) is 18.0 Å². The van der Waals surface area contributed by atoms with Gasteiger partial charge in [-0.3, -0.25) is 0 Å². The van der Waals surface area contributed by atoms with E-state index in [1.165, 1.54) is 11.3 Å². The van der Waals surface area contributed by atoms with E-state index in [-0.39, 0.29) is 12.1 Å². The SMILES string of the molecule is CC(O)C1CCN(c2ccccc2[C@H](C)N)CC1. The Labute approximate surface area is 110 Å². The minimum atomic E-state index is -0.184. The smallest absolute Gasteiger partial charge is 0.0541 e. The zero-order valence-corrected chi connectivity index (χ0v) is 11.3. The van der Waals surface area contributed by atoms with Crippen LogP contribution in [-0.2, 0) is 0 Å². The van der Waals surface area contributed by atoms with Gasteiger partial charge in [0.2, 0.25) is 0 Å². The molecule has 0 radical (unpaired) electrons. The van der Waals surface area contributed by atoms with Crippen molar-refractivity contribution in [2.45, 2.75) is 38.8 Å². The van der Waals surface area contributed by atoms with Crippen molar-refractivity contribution in [1.29, 1.82) is 0 Å². The molecule has 1 aromatic carbocycles. The van der Waals surface area contributed by atoms with Gasteiger partial charge in [-0.15, -0.1) is 0 Å². The van der Waals surface area contributed by atoms with Crippen molar-refractivity contribution in [3.63, 3.8) is 0 Å². The number of hydrogen-bond acceptors (Lipinski definition) is 3. The lowest BCUT2D eigenvalue weighted by Crippen LogP contribution is -2.37. The highest BCUT2D eigenvalue weighted by Crippen LogP contribution is 2.29. The van der Waals surface area contributed by atoms with E-state index in [0.29, 0.717) is 5.92 Å². The van der Waals surface area contributed by atoms with Gasteiger partial charge in [-0.1, -0.05) is 18.2 Å². The summed E-state index contributed by atoms with van der Waals surface area (Å²) in [4.78, 5) is 2.40. The Bertz CT molecular complexity index is 382. The summed E-state index contributed by atoms with van der Waals surface area (Å²) < 4.78 is 0. The van der Waals surface area contributed by atoms with Crippen LogP contribution >= 0.6 is 0 Å². The van der Waals surface area contributed by atoms with Crippen LogP contribution in [-0.4, -0.2) is 24.3 Å². The fourth-order valence-electron chi connectivity index (χ4n) is 2.78. The van der Waals surface area contributed by atoms with E-state index in [9.17, 15) is 5.11 Å². The van der Waals surface area contributed by atoms with E-state index in [1.54, 1.807) is 0 Å². The summed E-state index contributed by atoms with van der Waals surface area (Å²) >= 11 is 0. The fourth-order valence-corrected chi connectivity index (χ4v) is 2.78. The van der Waals surface area contributed by atoms with Crippen LogP contribution in [0.25, 0.3) is 0 Å². The second kappa shape index (κ2) is 5.72. The van der Waals surface area contributed by atoms with Crippen LogP contribution in [0.2, 0.25) is 0 Å². The van der Waals surface area contributed by atoms with E-state index < -0.39 is 0 Å². The largest absolute Gasteiger partial charge is 0.393 e. The molecule has 1 aromatic rings. The third-order valence-corrected chi connectivity index (χ3v) is 3.99. The van der Waals surface area contributed by atoms with Crippen molar-refractivity contribution in [3.8, 4) is 0 Å². The van der Waals surface area contributed by atoms with Gasteiger partial charge in [0.05, 0.1) is 6.10 Å². The molecule has 1 fully saturated rings. The normalized spacial score (nSPS) is 20.8. The number of anilines is 1. The van der Waals surface area contributed by atoms with Crippen LogP contribution in [0.5, 0.6) is 0 Å². The average molecular weight is 248 g/mol. The second-order valence-corrected chi connectivity index (χ2v) is 5.41. The molecular weight excluding hydrogens is 224 g/mol. The van der Waals surface area contributed by atoms with Gasteiger partial charge in [-0.05, 0) is 44.2 Å². The number of nitrogens with zero attached hydrogens (tertiary/aromatic N) is 1. The molecule has 3 nitrogen and oxygen atoms in total. The maximum absolute atomic E-state index is 9.64. The van der Waals surface area contributed by atoms with E-state index in [4.69, 9.17) is 5.73 Å². The molecular formula is C15H24N2O. The fraction of sp³-hybridized carbons (Fsp3) is 0.600. The van der Waals surface area contributed by atoms with Crippen molar-refractivity contribution in [1.82, 2.24) is 0 Å². The van der Waals surface area contributed by atoms with Gasteiger partial charge < -0.3 is 15.7 Å². The van der Waals surface area contributed by atoms with Crippen LogP contribution in [0.1, 0.15) is 38.3 Å². The first-order valence-electron chi connectivity index (χ1n) is 6.87. The predicted molar refractivity (Wildman–Crippen MR) is 75.7 cm³/mol. The van der Waals surface area contributed by atoms with Crippen molar-refractivity contribution in [2.24, 2.45) is 11.7 Å². The molecule has 0 amide bonds. The second-order valence-electron chi connectivity index (χ2n) is 5.41. The number of para-hydroxylation sites is 1. The topological polar surface area (TPSA) is 49.5 Å². The Morgan fingerprint density at radius 1 is 1.22 bits per heavy atom. The monoisotopic (exact) mass is 248 g/mol. The van der Waals surface area contributed by atoms with Crippen LogP contribution in [0.3, 0.4) is 0 Å². The van der Waals surface area contributed by atoms with Crippen LogP contribution in [0, 0.1) is 5.92 Å². The lowest BCUT2D eigenvalue weighted by Gasteiger charge is -2.36. The number of hydrogen-bond donors (Lipinski definition) is 2. The molecule has 1 aliphatic rings. The molecule has 0 aromatic heterocycles. The quantitative estimate of drug-likeness (QED) is 0.863. The van der Waals surface area contributed by atoms with Crippen LogP contribution in [0.15, 0.2) is 24.3 Å². The van der Waals surface area contributed by atoms with E-state index >= 15 is 0 Å². The third-order valence-electron chi connectivity index (χ3n) is 3.99. The highest BCUT2D eigenvalue weighted by atomic mass is 16.3. The highest BCUT2D eigenvalue weighted by Gasteiger charge is 2.24. The summed E-state index contributed by atoms with van der Waals surface area (Å²) in [5, 5.41) is 9.64. The molecule has 3 heteroatoms. The molecule has 1 aliphatic heterocycles. The summed E-state index contributed by atoms with van der Waals surface area (Å²) in [5.41, 5.74) is 8.51. The first-order valence-corrected chi connectivity index (χ1v) is 6.87. The number of piperidine rings is 1. The number of aliphatic hydroxyl groups is 1. The Balaban J connectivity index is 2.10. The molecule has 18 heavy (non-hydrogen) atoms. The Kier molecular flexibility index (Phi) is 4.25. The minimum Gasteiger partial charge on any atom is -0.393 e. The van der Waals surface area contributed by atoms with Gasteiger partial charge in [-0.2, -0.15) is 0 Å². The lowest BCUT2D eigenvalue weighted by atomic mass is 9.91. The molecule has 0 bridgehead atoms. The van der Waals surface area contributed by atoms with Gasteiger partial charge in [0.15, 0.2) is 0 Å². The van der Waals surface area contributed by atoms with E-state index in [1.807, 2.05) is 19.9 Å². The number of rotatable bonds is 3. The van der Waals surface area contributed by atoms with Crippen molar-refractivity contribution in [3.05, 3.63) is 29.8 Å². The van der Waals surface area contributed by atoms with Gasteiger partial charge in [0.25, 0.3) is 0 Å². The summed E-state index contributed by atoms with van der Waals surface area (Å²) in [6.07, 6.45) is 1.94. The lowest BCUT2D eigenvalue weighted by molar-refractivity contribution is 0.110. The Morgan fingerprint density at radius 2 is 1.83 bits per heavy atom. The molecule has 1 unspecified atom stereocenters. The van der Waals surface area contributed by atoms with E-state index in [0.717, 1.165) is 25.9 Å². The zero-order valence-electron chi connectivity index (χ0n) is 11.3. The third kappa shape index (κ3) is 2.85. The number of nitrogens with two attached hydrogens (primary N) is 1. The van der Waals surface area contributed by atoms with Crippen LogP contribution in [0.4, 0.5) is 5.69 Å². The first-order chi connectivity index (χ1) is 8.59. The maximum Gasteiger partial charge on any atom is 0.0541 e. The zero-order chi connectivity index (χ0) is 13.1. The van der Waals surface area contributed by atoms with Crippen molar-refractivity contribution >= 4 is 5.69 Å². The molecule has 1 saturated heterocycles. The summed E-state index contributed by atoms with van der Waals surface area (Å²) in [6, 6.07) is 8.45. The van der Waals surface area contributed by atoms with Gasteiger partial charge in [-0.25, -0.2) is 0 Å². The molecule has 100 valence electrons. The van der Waals surface area contributed by atoms with Gasteiger partial charge in [0.1, 0.15) is 0 Å². The molecule has 3 N–H and O–H groups in total. The number of benzene rings is 1. The molecule has 0 spiro atoms. The minimum absolute atomic E-state index is 0.0655. The Hall–Kier alpha value is -1.06. The first kappa shape index (κ1) is 13.4. The Morgan fingerprint density at radius 3 is 2.39 bits per heavy atom. The van der Waals surface area contributed by atoms with E-state index in [2.05, 4.69) is 23.1 Å². The summed E-state index contributed by atoms with van der Waals surface area (Å²) in [5.74, 6) is 0.448. The average Bonchev–Trinajstić information content (AvgIpc) is 2.39. The maximum atomic E-state index is 9.64. The summed E-state index contributed by atoms with van der Waals surface area (Å²) in [7, 11) is 0. The molecule has 2 rings (SSSR count). The molecule has 2 atom stereocenters. The van der Waals surface area contributed by atoms with Crippen LogP contribution < -0.4 is 10.6 Å². The molecule has 0 saturated carbocycles. The van der Waals surface area contributed by atoms with Crippen molar-refractivity contribution < 1.29 is 5.11 Å². The number of aliphatic hydroxyl groups excluding tert-OH is 1. The van der Waals surface area contributed by atoms with Gasteiger partial charge >= 0.3 is 0 Å². The predicted octanol–water partition coefficient (Wildman–Crippen LogP) is 2.30. The molecule has 1 heterocycles. The summed E-state index contributed by atoms with van der Waals surface area (Å²) in [6.45, 7) is 5.95. The molecule has 0 aliphatic carbocycles. The highest BCUT2D eigenvalue weighted by molar-refractivity contribution is 5.55.